The van der Waals surface area contributed by atoms with E-state index in [1.165, 1.54) is 6.07 Å². The van der Waals surface area contributed by atoms with Gasteiger partial charge in [-0.25, -0.2) is 0 Å². The van der Waals surface area contributed by atoms with Crippen LogP contribution in [0.2, 0.25) is 0 Å². The number of rotatable bonds is 6. The predicted molar refractivity (Wildman–Crippen MR) is 78.0 cm³/mol. The number of hydrogen-bond acceptors (Lipinski definition) is 4. The molecular formula is C15H15FN2O3. The van der Waals surface area contributed by atoms with Crippen LogP contribution in [0.15, 0.2) is 42.5 Å². The van der Waals surface area contributed by atoms with Gasteiger partial charge in [-0.15, -0.1) is 0 Å². The molecule has 6 heteroatoms. The summed E-state index contributed by atoms with van der Waals surface area (Å²) in [4.78, 5) is 9.79. The minimum atomic E-state index is -0.850. The smallest absolute Gasteiger partial charge is 0.304 e. The summed E-state index contributed by atoms with van der Waals surface area (Å²) in [5.74, 6) is -0.0562. The number of nitro benzene ring substituents is 1. The van der Waals surface area contributed by atoms with Crippen LogP contribution in [0.25, 0.3) is 0 Å². The molecule has 110 valence electrons. The third-order valence-electron chi connectivity index (χ3n) is 2.88. The normalized spacial score (nSPS) is 10.2. The second-order valence-corrected chi connectivity index (χ2v) is 4.35. The largest absolute Gasteiger partial charge is 0.494 e. The Morgan fingerprint density at radius 2 is 1.95 bits per heavy atom. The molecule has 0 radical (unpaired) electrons. The van der Waals surface area contributed by atoms with Gasteiger partial charge in [0, 0.05) is 24.4 Å². The van der Waals surface area contributed by atoms with Gasteiger partial charge in [0.25, 0.3) is 0 Å². The van der Waals surface area contributed by atoms with Crippen molar-refractivity contribution >= 4 is 11.4 Å². The van der Waals surface area contributed by atoms with E-state index in [4.69, 9.17) is 4.74 Å². The van der Waals surface area contributed by atoms with Crippen molar-refractivity contribution in [2.24, 2.45) is 0 Å². The average Bonchev–Trinajstić information content (AvgIpc) is 2.46. The van der Waals surface area contributed by atoms with Crippen molar-refractivity contribution in [3.05, 3.63) is 64.0 Å². The molecule has 0 spiro atoms. The summed E-state index contributed by atoms with van der Waals surface area (Å²) in [5.41, 5.74) is 0.964. The first kappa shape index (κ1) is 14.8. The van der Waals surface area contributed by atoms with Crippen LogP contribution in [0.4, 0.5) is 15.8 Å². The fraction of sp³-hybridized carbons (Fsp3) is 0.200. The summed E-state index contributed by atoms with van der Waals surface area (Å²) in [5, 5.41) is 13.5. The minimum absolute atomic E-state index is 0.490. The van der Waals surface area contributed by atoms with Crippen LogP contribution in [0.5, 0.6) is 5.75 Å². The minimum Gasteiger partial charge on any atom is -0.494 e. The molecule has 0 aliphatic heterocycles. The number of benzene rings is 2. The summed E-state index contributed by atoms with van der Waals surface area (Å²) in [6, 6.07) is 11.3. The van der Waals surface area contributed by atoms with E-state index in [-0.39, 0.29) is 0 Å². The van der Waals surface area contributed by atoms with Gasteiger partial charge in [0.15, 0.2) is 0 Å². The third kappa shape index (κ3) is 3.92. The molecule has 0 saturated heterocycles. The Labute approximate surface area is 121 Å². The molecule has 5 nitrogen and oxygen atoms in total. The van der Waals surface area contributed by atoms with E-state index >= 15 is 0 Å². The molecule has 1 N–H and O–H groups in total. The maximum atomic E-state index is 13.5. The van der Waals surface area contributed by atoms with Gasteiger partial charge >= 0.3 is 5.69 Å². The van der Waals surface area contributed by atoms with Crippen molar-refractivity contribution in [3.8, 4) is 5.75 Å². The first-order valence-corrected chi connectivity index (χ1v) is 6.49. The highest BCUT2D eigenvalue weighted by Crippen LogP contribution is 2.21. The monoisotopic (exact) mass is 290 g/mol. The van der Waals surface area contributed by atoms with Crippen molar-refractivity contribution in [2.45, 2.75) is 13.5 Å². The molecular weight excluding hydrogens is 275 g/mol. The molecule has 2 aromatic carbocycles. The molecule has 0 unspecified atom stereocenters. The highest BCUT2D eigenvalue weighted by Gasteiger charge is 2.13. The fourth-order valence-corrected chi connectivity index (χ4v) is 1.84. The second kappa shape index (κ2) is 6.69. The molecule has 2 rings (SSSR count). The molecule has 0 saturated carbocycles. The lowest BCUT2D eigenvalue weighted by atomic mass is 10.2. The van der Waals surface area contributed by atoms with Crippen LogP contribution in [-0.2, 0) is 6.54 Å². The highest BCUT2D eigenvalue weighted by atomic mass is 19.1. The van der Waals surface area contributed by atoms with Crippen molar-refractivity contribution in [3.63, 3.8) is 0 Å². The number of nitro groups is 1. The Morgan fingerprint density at radius 1 is 1.24 bits per heavy atom. The number of anilines is 1. The summed E-state index contributed by atoms with van der Waals surface area (Å²) < 4.78 is 18.8. The Bertz CT molecular complexity index is 629. The first-order chi connectivity index (χ1) is 10.1. The van der Waals surface area contributed by atoms with E-state index in [0.29, 0.717) is 18.8 Å². The number of nitrogens with one attached hydrogen (secondary N) is 1. The van der Waals surface area contributed by atoms with Gasteiger partial charge in [0.1, 0.15) is 5.75 Å². The molecule has 0 amide bonds. The Balaban J connectivity index is 1.99. The molecule has 0 heterocycles. The van der Waals surface area contributed by atoms with Crippen LogP contribution in [0.1, 0.15) is 12.5 Å². The van der Waals surface area contributed by atoms with Gasteiger partial charge in [0.05, 0.1) is 11.5 Å². The first-order valence-electron chi connectivity index (χ1n) is 6.49. The van der Waals surface area contributed by atoms with E-state index in [0.717, 1.165) is 23.4 Å². The average molecular weight is 290 g/mol. The Hall–Kier alpha value is -2.63. The van der Waals surface area contributed by atoms with Crippen LogP contribution >= 0.6 is 0 Å². The maximum Gasteiger partial charge on any atom is 0.304 e. The molecule has 0 atom stereocenters. The number of ether oxygens (including phenoxy) is 1. The quantitative estimate of drug-likeness (QED) is 0.650. The van der Waals surface area contributed by atoms with Crippen molar-refractivity contribution < 1.29 is 14.1 Å². The van der Waals surface area contributed by atoms with E-state index < -0.39 is 16.4 Å². The maximum absolute atomic E-state index is 13.5. The van der Waals surface area contributed by atoms with Gasteiger partial charge in [-0.3, -0.25) is 10.1 Å². The van der Waals surface area contributed by atoms with E-state index in [2.05, 4.69) is 5.32 Å². The van der Waals surface area contributed by atoms with Gasteiger partial charge < -0.3 is 10.1 Å². The molecule has 21 heavy (non-hydrogen) atoms. The predicted octanol–water partition coefficient (Wildman–Crippen LogP) is 3.74. The zero-order chi connectivity index (χ0) is 15.2. The Morgan fingerprint density at radius 3 is 2.52 bits per heavy atom. The van der Waals surface area contributed by atoms with E-state index in [1.54, 1.807) is 0 Å². The van der Waals surface area contributed by atoms with Gasteiger partial charge in [-0.1, -0.05) is 12.1 Å². The number of halogens is 1. The zero-order valence-electron chi connectivity index (χ0n) is 11.5. The summed E-state index contributed by atoms with van der Waals surface area (Å²) >= 11 is 0. The molecule has 0 aromatic heterocycles. The van der Waals surface area contributed by atoms with Gasteiger partial charge in [0.2, 0.25) is 5.82 Å². The molecule has 0 aliphatic rings. The van der Waals surface area contributed by atoms with Crippen LogP contribution in [0, 0.1) is 15.9 Å². The van der Waals surface area contributed by atoms with Gasteiger partial charge in [-0.2, -0.15) is 4.39 Å². The number of hydrogen-bond donors (Lipinski definition) is 1. The van der Waals surface area contributed by atoms with Crippen molar-refractivity contribution in [2.75, 3.05) is 11.9 Å². The molecule has 0 bridgehead atoms. The SMILES string of the molecule is CCOc1ccc(CNc2ccc([N+](=O)[O-])c(F)c2)cc1. The molecule has 0 fully saturated rings. The Kier molecular flexibility index (Phi) is 4.71. The lowest BCUT2D eigenvalue weighted by Crippen LogP contribution is -2.01. The summed E-state index contributed by atoms with van der Waals surface area (Å²) in [6.07, 6.45) is 0. The van der Waals surface area contributed by atoms with Crippen LogP contribution in [0.3, 0.4) is 0 Å². The van der Waals surface area contributed by atoms with Gasteiger partial charge in [-0.05, 0) is 30.7 Å². The van der Waals surface area contributed by atoms with E-state index in [1.807, 2.05) is 31.2 Å². The number of nitrogens with zero attached hydrogens (tertiary/aromatic N) is 1. The lowest BCUT2D eigenvalue weighted by molar-refractivity contribution is -0.387. The zero-order valence-corrected chi connectivity index (χ0v) is 11.5. The summed E-state index contributed by atoms with van der Waals surface area (Å²) in [7, 11) is 0. The molecule has 2 aromatic rings. The van der Waals surface area contributed by atoms with Crippen molar-refractivity contribution in [1.82, 2.24) is 0 Å². The fourth-order valence-electron chi connectivity index (χ4n) is 1.84. The van der Waals surface area contributed by atoms with E-state index in [9.17, 15) is 14.5 Å². The lowest BCUT2D eigenvalue weighted by Gasteiger charge is -2.08. The molecule has 0 aliphatic carbocycles. The van der Waals surface area contributed by atoms with Crippen LogP contribution < -0.4 is 10.1 Å². The standard InChI is InChI=1S/C15H15FN2O3/c1-2-21-13-6-3-11(4-7-13)10-17-12-5-8-15(18(19)20)14(16)9-12/h3-9,17H,2,10H2,1H3. The summed E-state index contributed by atoms with van der Waals surface area (Å²) in [6.45, 7) is 3.02. The highest BCUT2D eigenvalue weighted by molar-refractivity contribution is 5.50. The topological polar surface area (TPSA) is 64.4 Å². The second-order valence-electron chi connectivity index (χ2n) is 4.35. The van der Waals surface area contributed by atoms with Crippen molar-refractivity contribution in [1.29, 1.82) is 0 Å². The third-order valence-corrected chi connectivity index (χ3v) is 2.88. The van der Waals surface area contributed by atoms with Crippen LogP contribution in [-0.4, -0.2) is 11.5 Å².